The fourth-order valence-electron chi connectivity index (χ4n) is 0.879. The van der Waals surface area contributed by atoms with E-state index in [-0.39, 0.29) is 0 Å². The van der Waals surface area contributed by atoms with E-state index in [1.807, 2.05) is 13.1 Å². The van der Waals surface area contributed by atoms with Crippen molar-refractivity contribution in [3.8, 4) is 0 Å². The van der Waals surface area contributed by atoms with Crippen LogP contribution in [0.2, 0.25) is 0 Å². The van der Waals surface area contributed by atoms with Gasteiger partial charge in [0.05, 0.1) is 12.5 Å². The minimum atomic E-state index is 0.845. The minimum Gasteiger partial charge on any atom is -0.461 e. The fraction of sp³-hybridized carbons (Fsp3) is 0.167. The maximum absolute atomic E-state index is 5.06. The van der Waals surface area contributed by atoms with Crippen LogP contribution in [0.1, 0.15) is 0 Å². The summed E-state index contributed by atoms with van der Waals surface area (Å²) >= 11 is 0. The Labute approximate surface area is 51.9 Å². The first-order chi connectivity index (χ1) is 4.38. The standard InChI is InChI=1S/C6H6N2O/c1-8-5-2-3-9-6(5)4-7-8/h2-4H,1H3. The molecule has 3 heteroatoms. The average molecular weight is 122 g/mol. The number of aromatic nitrogens is 2. The van der Waals surface area contributed by atoms with Crippen LogP contribution in [0.15, 0.2) is 22.9 Å². The quantitative estimate of drug-likeness (QED) is 0.525. The summed E-state index contributed by atoms with van der Waals surface area (Å²) in [6.07, 6.45) is 3.36. The molecule has 9 heavy (non-hydrogen) atoms. The molecule has 0 N–H and O–H groups in total. The van der Waals surface area contributed by atoms with Crippen LogP contribution in [0.5, 0.6) is 0 Å². The lowest BCUT2D eigenvalue weighted by molar-refractivity contribution is 0.615. The van der Waals surface area contributed by atoms with Crippen LogP contribution >= 0.6 is 0 Å². The molecule has 2 aromatic heterocycles. The van der Waals surface area contributed by atoms with Gasteiger partial charge < -0.3 is 4.42 Å². The molecular formula is C6H6N2O. The first-order valence-corrected chi connectivity index (χ1v) is 2.73. The zero-order chi connectivity index (χ0) is 6.27. The van der Waals surface area contributed by atoms with Crippen molar-refractivity contribution in [3.63, 3.8) is 0 Å². The predicted molar refractivity (Wildman–Crippen MR) is 33.0 cm³/mol. The van der Waals surface area contributed by atoms with Gasteiger partial charge in [-0.1, -0.05) is 0 Å². The van der Waals surface area contributed by atoms with Crippen molar-refractivity contribution in [3.05, 3.63) is 18.5 Å². The van der Waals surface area contributed by atoms with E-state index < -0.39 is 0 Å². The Morgan fingerprint density at radius 2 is 2.56 bits per heavy atom. The molecule has 0 spiro atoms. The molecule has 46 valence electrons. The molecular weight excluding hydrogens is 116 g/mol. The van der Waals surface area contributed by atoms with Crippen molar-refractivity contribution in [1.29, 1.82) is 0 Å². The third-order valence-corrected chi connectivity index (χ3v) is 1.37. The Morgan fingerprint density at radius 1 is 1.67 bits per heavy atom. The normalized spacial score (nSPS) is 10.8. The molecule has 0 atom stereocenters. The zero-order valence-corrected chi connectivity index (χ0v) is 5.03. The lowest BCUT2D eigenvalue weighted by Gasteiger charge is -1.82. The van der Waals surface area contributed by atoms with E-state index in [0.717, 1.165) is 11.1 Å². The molecule has 0 aliphatic rings. The highest BCUT2D eigenvalue weighted by Gasteiger charge is 1.98. The van der Waals surface area contributed by atoms with E-state index in [2.05, 4.69) is 5.10 Å². The molecule has 2 aromatic rings. The molecule has 0 radical (unpaired) electrons. The lowest BCUT2D eigenvalue weighted by atomic mass is 10.5. The van der Waals surface area contributed by atoms with Gasteiger partial charge in [-0.3, -0.25) is 4.68 Å². The third kappa shape index (κ3) is 0.483. The van der Waals surface area contributed by atoms with E-state index in [1.54, 1.807) is 17.1 Å². The summed E-state index contributed by atoms with van der Waals surface area (Å²) in [5.41, 5.74) is 1.88. The number of aryl methyl sites for hydroxylation is 1. The smallest absolute Gasteiger partial charge is 0.171 e. The molecule has 0 unspecified atom stereocenters. The first kappa shape index (κ1) is 4.61. The monoisotopic (exact) mass is 122 g/mol. The Kier molecular flexibility index (Phi) is 0.704. The minimum absolute atomic E-state index is 0.845. The van der Waals surface area contributed by atoms with Gasteiger partial charge in [0.1, 0.15) is 5.52 Å². The van der Waals surface area contributed by atoms with E-state index in [4.69, 9.17) is 4.42 Å². The van der Waals surface area contributed by atoms with Crippen LogP contribution in [0.3, 0.4) is 0 Å². The molecule has 0 saturated carbocycles. The van der Waals surface area contributed by atoms with Gasteiger partial charge >= 0.3 is 0 Å². The van der Waals surface area contributed by atoms with E-state index in [9.17, 15) is 0 Å². The highest BCUT2D eigenvalue weighted by molar-refractivity contribution is 5.71. The van der Waals surface area contributed by atoms with Crippen LogP contribution in [-0.4, -0.2) is 9.78 Å². The predicted octanol–water partition coefficient (Wildman–Crippen LogP) is 1.17. The number of furan rings is 1. The number of hydrogen-bond acceptors (Lipinski definition) is 2. The fourth-order valence-corrected chi connectivity index (χ4v) is 0.879. The van der Waals surface area contributed by atoms with E-state index >= 15 is 0 Å². The summed E-state index contributed by atoms with van der Waals surface area (Å²) in [6.45, 7) is 0. The SMILES string of the molecule is Cn1ncc2occc21. The molecule has 0 aliphatic carbocycles. The van der Waals surface area contributed by atoms with Crippen molar-refractivity contribution in [2.75, 3.05) is 0 Å². The molecule has 3 nitrogen and oxygen atoms in total. The summed E-state index contributed by atoms with van der Waals surface area (Å²) < 4.78 is 6.83. The molecule has 2 rings (SSSR count). The van der Waals surface area contributed by atoms with Crippen LogP contribution in [0.4, 0.5) is 0 Å². The topological polar surface area (TPSA) is 31.0 Å². The van der Waals surface area contributed by atoms with Gasteiger partial charge in [-0.15, -0.1) is 0 Å². The molecule has 0 saturated heterocycles. The molecule has 0 fully saturated rings. The van der Waals surface area contributed by atoms with Crippen molar-refractivity contribution < 1.29 is 4.42 Å². The molecule has 0 aliphatic heterocycles. The Morgan fingerprint density at radius 3 is 3.33 bits per heavy atom. The van der Waals surface area contributed by atoms with Gasteiger partial charge in [0.25, 0.3) is 0 Å². The Hall–Kier alpha value is -1.25. The van der Waals surface area contributed by atoms with Crippen molar-refractivity contribution in [2.45, 2.75) is 0 Å². The first-order valence-electron chi connectivity index (χ1n) is 2.73. The average Bonchev–Trinajstić information content (AvgIpc) is 2.35. The van der Waals surface area contributed by atoms with Gasteiger partial charge in [0.2, 0.25) is 0 Å². The zero-order valence-electron chi connectivity index (χ0n) is 5.03. The van der Waals surface area contributed by atoms with Gasteiger partial charge in [0.15, 0.2) is 5.58 Å². The molecule has 2 heterocycles. The summed E-state index contributed by atoms with van der Waals surface area (Å²) in [4.78, 5) is 0. The van der Waals surface area contributed by atoms with Crippen molar-refractivity contribution in [2.24, 2.45) is 7.05 Å². The Balaban J connectivity index is 2.99. The van der Waals surface area contributed by atoms with E-state index in [1.165, 1.54) is 0 Å². The van der Waals surface area contributed by atoms with Crippen LogP contribution in [0, 0.1) is 0 Å². The third-order valence-electron chi connectivity index (χ3n) is 1.37. The summed E-state index contributed by atoms with van der Waals surface area (Å²) in [5, 5.41) is 3.98. The molecule has 0 bridgehead atoms. The molecule has 0 aromatic carbocycles. The number of nitrogens with zero attached hydrogens (tertiary/aromatic N) is 2. The van der Waals surface area contributed by atoms with Gasteiger partial charge in [-0.05, 0) is 0 Å². The second-order valence-corrected chi connectivity index (χ2v) is 1.94. The lowest BCUT2D eigenvalue weighted by Crippen LogP contribution is -1.86. The van der Waals surface area contributed by atoms with E-state index in [0.29, 0.717) is 0 Å². The van der Waals surface area contributed by atoms with Crippen LogP contribution in [-0.2, 0) is 7.05 Å². The number of fused-ring (bicyclic) bond motifs is 1. The highest BCUT2D eigenvalue weighted by Crippen LogP contribution is 2.11. The molecule has 0 amide bonds. The van der Waals surface area contributed by atoms with Crippen LogP contribution < -0.4 is 0 Å². The summed E-state index contributed by atoms with van der Waals surface area (Å²) in [5.74, 6) is 0. The van der Waals surface area contributed by atoms with Crippen molar-refractivity contribution >= 4 is 11.1 Å². The summed E-state index contributed by atoms with van der Waals surface area (Å²) in [7, 11) is 1.89. The second kappa shape index (κ2) is 1.37. The van der Waals surface area contributed by atoms with Crippen molar-refractivity contribution in [1.82, 2.24) is 9.78 Å². The van der Waals surface area contributed by atoms with Gasteiger partial charge in [-0.2, -0.15) is 5.10 Å². The maximum Gasteiger partial charge on any atom is 0.171 e. The van der Waals surface area contributed by atoms with Crippen LogP contribution in [0.25, 0.3) is 11.1 Å². The van der Waals surface area contributed by atoms with Gasteiger partial charge in [-0.25, -0.2) is 0 Å². The Bertz CT molecular complexity index is 320. The highest BCUT2D eigenvalue weighted by atomic mass is 16.3. The number of rotatable bonds is 0. The largest absolute Gasteiger partial charge is 0.461 e. The summed E-state index contributed by atoms with van der Waals surface area (Å²) in [6, 6.07) is 1.89. The maximum atomic E-state index is 5.06. The second-order valence-electron chi connectivity index (χ2n) is 1.94. The van der Waals surface area contributed by atoms with Gasteiger partial charge in [0, 0.05) is 13.1 Å². The number of hydrogen-bond donors (Lipinski definition) is 0.